The number of hydrogen-bond donors (Lipinski definition) is 2. The topological polar surface area (TPSA) is 117 Å². The Hall–Kier alpha value is -0.760. The number of carbonyl (C=O) groups is 1. The fourth-order valence-corrected chi connectivity index (χ4v) is 7.17. The lowest BCUT2D eigenvalue weighted by Gasteiger charge is -2.20. The average molecular weight is 760 g/mol. The quantitative estimate of drug-likeness (QED) is 0.0273. The average Bonchev–Trinajstić information content (AvgIpc) is 3.13. The lowest BCUT2D eigenvalue weighted by atomic mass is 10.1. The first-order valence-corrected chi connectivity index (χ1v) is 23.7. The first kappa shape index (κ1) is 51.2. The minimum atomic E-state index is -4.27. The van der Waals surface area contributed by atoms with Gasteiger partial charge >= 0.3 is 13.8 Å². The zero-order chi connectivity index (χ0) is 38.1. The highest BCUT2D eigenvalue weighted by Gasteiger charge is 2.25. The van der Waals surface area contributed by atoms with Crippen LogP contribution in [0.2, 0.25) is 0 Å². The Kier molecular flexibility index (Phi) is 40.8. The van der Waals surface area contributed by atoms with Crippen LogP contribution in [0.4, 0.5) is 0 Å². The second-order valence-corrected chi connectivity index (χ2v) is 16.4. The van der Waals surface area contributed by atoms with Crippen molar-refractivity contribution in [1.29, 1.82) is 0 Å². The molecule has 0 spiro atoms. The highest BCUT2D eigenvalue weighted by molar-refractivity contribution is 7.47. The summed E-state index contributed by atoms with van der Waals surface area (Å²) in [6, 6.07) is 0. The predicted molar refractivity (Wildman–Crippen MR) is 220 cm³/mol. The van der Waals surface area contributed by atoms with Crippen LogP contribution in [0.1, 0.15) is 219 Å². The third kappa shape index (κ3) is 40.4. The molecule has 52 heavy (non-hydrogen) atoms. The molecule has 0 amide bonds. The SMILES string of the molecule is CCCCCCCCCC/C=C\CCCCCCCCCCCCOCC(COP(=O)(O)OCCN)OC(=O)CCCCCCCCCCCCC. The van der Waals surface area contributed by atoms with Gasteiger partial charge in [-0.3, -0.25) is 13.8 Å². The summed E-state index contributed by atoms with van der Waals surface area (Å²) < 4.78 is 33.4. The molecule has 9 heteroatoms. The smallest absolute Gasteiger partial charge is 0.457 e. The van der Waals surface area contributed by atoms with Gasteiger partial charge in [0.15, 0.2) is 0 Å². The van der Waals surface area contributed by atoms with Gasteiger partial charge in [0.25, 0.3) is 0 Å². The molecule has 8 nitrogen and oxygen atoms in total. The Labute approximate surface area is 322 Å². The van der Waals surface area contributed by atoms with Gasteiger partial charge in [0.05, 0.1) is 19.8 Å². The van der Waals surface area contributed by atoms with Gasteiger partial charge in [-0.1, -0.05) is 187 Å². The van der Waals surface area contributed by atoms with E-state index in [1.54, 1.807) is 0 Å². The highest BCUT2D eigenvalue weighted by atomic mass is 31.2. The molecule has 0 fully saturated rings. The van der Waals surface area contributed by atoms with Crippen molar-refractivity contribution < 1.29 is 32.8 Å². The van der Waals surface area contributed by atoms with E-state index in [4.69, 9.17) is 24.3 Å². The molecule has 0 saturated heterocycles. The van der Waals surface area contributed by atoms with Crippen molar-refractivity contribution in [3.05, 3.63) is 12.2 Å². The van der Waals surface area contributed by atoms with Crippen molar-refractivity contribution in [2.45, 2.75) is 225 Å². The standard InChI is InChI=1S/C43H86NO7P/c1-3-5-7-9-11-13-15-16-17-18-19-20-21-22-23-24-25-27-29-31-33-35-38-48-40-42(41-50-52(46,47)49-39-37-44)51-43(45)36-34-32-30-28-26-14-12-10-8-6-4-2/h18-19,42H,3-17,20-41,44H2,1-2H3,(H,46,47)/b19-18-. The lowest BCUT2D eigenvalue weighted by molar-refractivity contribution is -0.154. The molecule has 0 aliphatic rings. The summed E-state index contributed by atoms with van der Waals surface area (Å²) in [5, 5.41) is 0. The summed E-state index contributed by atoms with van der Waals surface area (Å²) in [6.45, 7) is 4.95. The summed E-state index contributed by atoms with van der Waals surface area (Å²) in [7, 11) is -4.27. The monoisotopic (exact) mass is 760 g/mol. The fraction of sp³-hybridized carbons (Fsp3) is 0.930. The largest absolute Gasteiger partial charge is 0.472 e. The molecule has 2 unspecified atom stereocenters. The molecule has 0 saturated carbocycles. The number of rotatable bonds is 43. The van der Waals surface area contributed by atoms with Crippen molar-refractivity contribution in [2.24, 2.45) is 5.73 Å². The molecule has 0 radical (unpaired) electrons. The van der Waals surface area contributed by atoms with Gasteiger partial charge in [-0.2, -0.15) is 0 Å². The van der Waals surface area contributed by atoms with Gasteiger partial charge in [0.1, 0.15) is 6.10 Å². The van der Waals surface area contributed by atoms with Crippen LogP contribution in [0, 0.1) is 0 Å². The Morgan fingerprint density at radius 3 is 1.40 bits per heavy atom. The van der Waals surface area contributed by atoms with Crippen molar-refractivity contribution in [3.63, 3.8) is 0 Å². The third-order valence-electron chi connectivity index (χ3n) is 9.68. The maximum Gasteiger partial charge on any atom is 0.472 e. The maximum absolute atomic E-state index is 12.5. The minimum Gasteiger partial charge on any atom is -0.457 e. The van der Waals surface area contributed by atoms with Crippen molar-refractivity contribution in [2.75, 3.05) is 33.0 Å². The Balaban J connectivity index is 3.91. The fourth-order valence-electron chi connectivity index (χ4n) is 6.40. The zero-order valence-corrected chi connectivity index (χ0v) is 35.2. The van der Waals surface area contributed by atoms with Crippen LogP contribution >= 0.6 is 7.82 Å². The molecule has 0 aromatic carbocycles. The van der Waals surface area contributed by atoms with Gasteiger partial charge in [-0.25, -0.2) is 4.57 Å². The van der Waals surface area contributed by atoms with Gasteiger partial charge in [-0.15, -0.1) is 0 Å². The molecular weight excluding hydrogens is 673 g/mol. The number of ether oxygens (including phenoxy) is 2. The van der Waals surface area contributed by atoms with Gasteiger partial charge in [-0.05, 0) is 38.5 Å². The predicted octanol–water partition coefficient (Wildman–Crippen LogP) is 13.1. The summed E-state index contributed by atoms with van der Waals surface area (Å²) >= 11 is 0. The first-order valence-electron chi connectivity index (χ1n) is 22.2. The van der Waals surface area contributed by atoms with Gasteiger partial charge < -0.3 is 20.1 Å². The van der Waals surface area contributed by atoms with Crippen molar-refractivity contribution in [1.82, 2.24) is 0 Å². The molecule has 0 bridgehead atoms. The van der Waals surface area contributed by atoms with Crippen LogP contribution in [0.3, 0.4) is 0 Å². The molecule has 310 valence electrons. The van der Waals surface area contributed by atoms with E-state index in [1.807, 2.05) is 0 Å². The number of unbranched alkanes of at least 4 members (excludes halogenated alkanes) is 28. The van der Waals surface area contributed by atoms with Crippen LogP contribution in [0.15, 0.2) is 12.2 Å². The molecule has 0 aliphatic heterocycles. The van der Waals surface area contributed by atoms with Gasteiger partial charge in [0, 0.05) is 19.6 Å². The van der Waals surface area contributed by atoms with E-state index < -0.39 is 13.9 Å². The molecular formula is C43H86NO7P. The Bertz CT molecular complexity index is 812. The zero-order valence-electron chi connectivity index (χ0n) is 34.3. The Morgan fingerprint density at radius 2 is 0.962 bits per heavy atom. The van der Waals surface area contributed by atoms with Crippen LogP contribution < -0.4 is 5.73 Å². The van der Waals surface area contributed by atoms with Crippen LogP contribution in [0.5, 0.6) is 0 Å². The number of nitrogens with two attached hydrogens (primary N) is 1. The van der Waals surface area contributed by atoms with Crippen molar-refractivity contribution >= 4 is 13.8 Å². The van der Waals surface area contributed by atoms with E-state index in [0.717, 1.165) is 32.1 Å². The highest BCUT2D eigenvalue weighted by Crippen LogP contribution is 2.43. The Morgan fingerprint density at radius 1 is 0.558 bits per heavy atom. The third-order valence-corrected chi connectivity index (χ3v) is 10.7. The normalized spacial score (nSPS) is 13.5. The van der Waals surface area contributed by atoms with E-state index in [0.29, 0.717) is 13.0 Å². The maximum atomic E-state index is 12.5. The molecule has 0 heterocycles. The summed E-state index contributed by atoms with van der Waals surface area (Å²) in [4.78, 5) is 22.4. The van der Waals surface area contributed by atoms with E-state index in [2.05, 4.69) is 26.0 Å². The molecule has 3 N–H and O–H groups in total. The minimum absolute atomic E-state index is 0.0923. The number of esters is 1. The first-order chi connectivity index (χ1) is 25.4. The van der Waals surface area contributed by atoms with E-state index in [1.165, 1.54) is 167 Å². The van der Waals surface area contributed by atoms with Crippen LogP contribution in [0.25, 0.3) is 0 Å². The molecule has 0 rings (SSSR count). The molecule has 0 aromatic rings. The van der Waals surface area contributed by atoms with Gasteiger partial charge in [0.2, 0.25) is 0 Å². The summed E-state index contributed by atoms with van der Waals surface area (Å²) in [6.07, 6.45) is 43.8. The van der Waals surface area contributed by atoms with Crippen LogP contribution in [-0.2, 0) is 27.9 Å². The number of phosphoric ester groups is 1. The van der Waals surface area contributed by atoms with Crippen LogP contribution in [-0.4, -0.2) is 49.9 Å². The summed E-state index contributed by atoms with van der Waals surface area (Å²) in [5.74, 6) is -0.329. The summed E-state index contributed by atoms with van der Waals surface area (Å²) in [5.41, 5.74) is 5.36. The van der Waals surface area contributed by atoms with E-state index in [-0.39, 0.29) is 32.3 Å². The number of allylic oxidation sites excluding steroid dienone is 2. The molecule has 0 aliphatic carbocycles. The number of phosphoric acid groups is 1. The van der Waals surface area contributed by atoms with Crippen molar-refractivity contribution in [3.8, 4) is 0 Å². The van der Waals surface area contributed by atoms with E-state index in [9.17, 15) is 14.3 Å². The number of hydrogen-bond acceptors (Lipinski definition) is 7. The molecule has 2 atom stereocenters. The van der Waals surface area contributed by atoms with E-state index >= 15 is 0 Å². The lowest BCUT2D eigenvalue weighted by Crippen LogP contribution is -2.28. The molecule has 0 aromatic heterocycles. The second kappa shape index (κ2) is 41.4. The number of carbonyl (C=O) groups excluding carboxylic acids is 1. The second-order valence-electron chi connectivity index (χ2n) is 14.9.